The second-order valence-electron chi connectivity index (χ2n) is 4.71. The summed E-state index contributed by atoms with van der Waals surface area (Å²) in [5, 5.41) is 4.13. The van der Waals surface area contributed by atoms with E-state index >= 15 is 0 Å². The highest BCUT2D eigenvalue weighted by Gasteiger charge is 2.44. The molecule has 0 fully saturated rings. The first-order chi connectivity index (χ1) is 10.8. The lowest BCUT2D eigenvalue weighted by atomic mass is 10.2. The molecule has 7 nitrogen and oxygen atoms in total. The van der Waals surface area contributed by atoms with Crippen LogP contribution in [0.25, 0.3) is 0 Å². The quantitative estimate of drug-likeness (QED) is 0.901. The van der Waals surface area contributed by atoms with Crippen LogP contribution in [-0.2, 0) is 13.5 Å². The number of carbonyl (C=O) groups is 1. The summed E-state index contributed by atoms with van der Waals surface area (Å²) in [6.45, 7) is 1.86. The van der Waals surface area contributed by atoms with Crippen molar-refractivity contribution in [1.29, 1.82) is 0 Å². The zero-order valence-electron chi connectivity index (χ0n) is 12.4. The van der Waals surface area contributed by atoms with Gasteiger partial charge in [0.05, 0.1) is 18.1 Å². The minimum absolute atomic E-state index is 0.195. The van der Waals surface area contributed by atoms with Gasteiger partial charge in [-0.05, 0) is 0 Å². The molecule has 0 saturated carbocycles. The number of carbonyl (C=O) groups excluding carboxylic acids is 1. The highest BCUT2D eigenvalue weighted by molar-refractivity contribution is 5.89. The normalized spacial score (nSPS) is 12.7. The van der Waals surface area contributed by atoms with E-state index in [0.29, 0.717) is 12.2 Å². The predicted molar refractivity (Wildman–Crippen MR) is 75.6 cm³/mol. The molecule has 2 aromatic rings. The average Bonchev–Trinajstić information content (AvgIpc) is 2.90. The Labute approximate surface area is 130 Å². The van der Waals surface area contributed by atoms with E-state index in [2.05, 4.69) is 20.3 Å². The Morgan fingerprint density at radius 1 is 1.30 bits per heavy atom. The number of rotatable bonds is 4. The lowest BCUT2D eigenvalue weighted by Crippen LogP contribution is -2.41. The van der Waals surface area contributed by atoms with Gasteiger partial charge in [-0.3, -0.25) is 0 Å². The SMILES string of the molecule is CCc1ncc(NC(=O)NC(c2nccn2C)C(F)(F)F)cn1. The summed E-state index contributed by atoms with van der Waals surface area (Å²) in [6, 6.07) is -3.25. The highest BCUT2D eigenvalue weighted by Crippen LogP contribution is 2.31. The number of urea groups is 1. The van der Waals surface area contributed by atoms with Gasteiger partial charge in [0.25, 0.3) is 0 Å². The summed E-state index contributed by atoms with van der Waals surface area (Å²) in [5.41, 5.74) is 0.195. The van der Waals surface area contributed by atoms with Crippen LogP contribution < -0.4 is 10.6 Å². The topological polar surface area (TPSA) is 84.7 Å². The number of anilines is 1. The van der Waals surface area contributed by atoms with Crippen molar-refractivity contribution < 1.29 is 18.0 Å². The van der Waals surface area contributed by atoms with Crippen molar-refractivity contribution in [3.63, 3.8) is 0 Å². The Morgan fingerprint density at radius 2 is 1.96 bits per heavy atom. The third-order valence-corrected chi connectivity index (χ3v) is 3.00. The molecule has 0 aliphatic carbocycles. The summed E-state index contributed by atoms with van der Waals surface area (Å²) >= 11 is 0. The molecule has 0 bridgehead atoms. The van der Waals surface area contributed by atoms with Gasteiger partial charge in [0, 0.05) is 25.9 Å². The molecule has 2 aromatic heterocycles. The fraction of sp³-hybridized carbons (Fsp3) is 0.385. The van der Waals surface area contributed by atoms with Crippen LogP contribution in [0, 0.1) is 0 Å². The summed E-state index contributed by atoms with van der Waals surface area (Å²) in [6.07, 6.45) is 1.18. The maximum atomic E-state index is 13.1. The Bertz CT molecular complexity index is 667. The van der Waals surface area contributed by atoms with Gasteiger partial charge in [0.1, 0.15) is 11.6 Å². The molecule has 124 valence electrons. The third kappa shape index (κ3) is 4.18. The Morgan fingerprint density at radius 3 is 2.43 bits per heavy atom. The Hall–Kier alpha value is -2.65. The second-order valence-corrected chi connectivity index (χ2v) is 4.71. The first-order valence-corrected chi connectivity index (χ1v) is 6.73. The molecule has 0 aromatic carbocycles. The van der Waals surface area contributed by atoms with Crippen LogP contribution in [0.2, 0.25) is 0 Å². The van der Waals surface area contributed by atoms with Gasteiger partial charge in [0.2, 0.25) is 0 Å². The molecule has 0 saturated heterocycles. The number of imidazole rings is 1. The Kier molecular flexibility index (Phi) is 4.82. The van der Waals surface area contributed by atoms with E-state index in [4.69, 9.17) is 0 Å². The zero-order valence-corrected chi connectivity index (χ0v) is 12.4. The van der Waals surface area contributed by atoms with Crippen molar-refractivity contribution >= 4 is 11.7 Å². The molecule has 2 rings (SSSR count). The number of aromatic nitrogens is 4. The molecule has 2 amide bonds. The van der Waals surface area contributed by atoms with E-state index in [1.165, 1.54) is 36.4 Å². The van der Waals surface area contributed by atoms with Gasteiger partial charge in [0.15, 0.2) is 6.04 Å². The van der Waals surface area contributed by atoms with E-state index < -0.39 is 18.2 Å². The second kappa shape index (κ2) is 6.63. The van der Waals surface area contributed by atoms with E-state index in [1.807, 2.05) is 12.2 Å². The van der Waals surface area contributed by atoms with Crippen molar-refractivity contribution in [2.45, 2.75) is 25.6 Å². The first-order valence-electron chi connectivity index (χ1n) is 6.73. The van der Waals surface area contributed by atoms with E-state index in [1.54, 1.807) is 0 Å². The van der Waals surface area contributed by atoms with Gasteiger partial charge in [-0.2, -0.15) is 13.2 Å². The molecular formula is C13H15F3N6O. The van der Waals surface area contributed by atoms with Crippen molar-refractivity contribution in [2.75, 3.05) is 5.32 Å². The fourth-order valence-corrected chi connectivity index (χ4v) is 1.85. The maximum absolute atomic E-state index is 13.1. The van der Waals surface area contributed by atoms with Gasteiger partial charge in [-0.25, -0.2) is 19.7 Å². The zero-order chi connectivity index (χ0) is 17.0. The molecular weight excluding hydrogens is 313 g/mol. The van der Waals surface area contributed by atoms with E-state index in [9.17, 15) is 18.0 Å². The monoisotopic (exact) mass is 328 g/mol. The van der Waals surface area contributed by atoms with Gasteiger partial charge < -0.3 is 15.2 Å². The van der Waals surface area contributed by atoms with Crippen LogP contribution in [0.1, 0.15) is 24.6 Å². The maximum Gasteiger partial charge on any atom is 0.416 e. The minimum atomic E-state index is -4.68. The minimum Gasteiger partial charge on any atom is -0.336 e. The number of alkyl halides is 3. The van der Waals surface area contributed by atoms with Crippen LogP contribution in [0.5, 0.6) is 0 Å². The van der Waals surface area contributed by atoms with Gasteiger partial charge >= 0.3 is 12.2 Å². The van der Waals surface area contributed by atoms with Crippen LogP contribution in [0.3, 0.4) is 0 Å². The van der Waals surface area contributed by atoms with Gasteiger partial charge in [-0.1, -0.05) is 6.92 Å². The number of halogens is 3. The fourth-order valence-electron chi connectivity index (χ4n) is 1.85. The number of hydrogen-bond acceptors (Lipinski definition) is 4. The number of hydrogen-bond donors (Lipinski definition) is 2. The van der Waals surface area contributed by atoms with E-state index in [-0.39, 0.29) is 11.5 Å². The molecule has 0 spiro atoms. The first kappa shape index (κ1) is 16.7. The Balaban J connectivity index is 2.10. The molecule has 2 N–H and O–H groups in total. The van der Waals surface area contributed by atoms with Crippen molar-refractivity contribution in [2.24, 2.45) is 7.05 Å². The van der Waals surface area contributed by atoms with Gasteiger partial charge in [-0.15, -0.1) is 0 Å². The summed E-state index contributed by atoms with van der Waals surface area (Å²) in [7, 11) is 1.41. The molecule has 2 heterocycles. The molecule has 1 atom stereocenters. The van der Waals surface area contributed by atoms with Crippen molar-refractivity contribution in [3.05, 3.63) is 36.4 Å². The van der Waals surface area contributed by atoms with Crippen molar-refractivity contribution in [1.82, 2.24) is 24.8 Å². The van der Waals surface area contributed by atoms with Crippen LogP contribution in [-0.4, -0.2) is 31.7 Å². The summed E-state index contributed by atoms with van der Waals surface area (Å²) in [5.74, 6) is 0.252. The summed E-state index contributed by atoms with van der Waals surface area (Å²) in [4.78, 5) is 23.4. The predicted octanol–water partition coefficient (Wildman–Crippen LogP) is 2.20. The van der Waals surface area contributed by atoms with Crippen molar-refractivity contribution in [3.8, 4) is 0 Å². The number of nitrogens with zero attached hydrogens (tertiary/aromatic N) is 4. The third-order valence-electron chi connectivity index (χ3n) is 3.00. The van der Waals surface area contributed by atoms with Crippen LogP contribution in [0.4, 0.5) is 23.7 Å². The molecule has 1 unspecified atom stereocenters. The lowest BCUT2D eigenvalue weighted by molar-refractivity contribution is -0.156. The van der Waals surface area contributed by atoms with Crippen LogP contribution in [0.15, 0.2) is 24.8 Å². The molecule has 10 heteroatoms. The smallest absolute Gasteiger partial charge is 0.336 e. The number of nitrogens with one attached hydrogen (secondary N) is 2. The highest BCUT2D eigenvalue weighted by atomic mass is 19.4. The average molecular weight is 328 g/mol. The molecule has 0 aliphatic rings. The van der Waals surface area contributed by atoms with E-state index in [0.717, 1.165) is 0 Å². The van der Waals surface area contributed by atoms with Crippen LogP contribution >= 0.6 is 0 Å². The largest absolute Gasteiger partial charge is 0.416 e. The molecule has 0 aliphatic heterocycles. The summed E-state index contributed by atoms with van der Waals surface area (Å²) < 4.78 is 40.6. The standard InChI is InChI=1S/C13H15F3N6O/c1-3-9-18-6-8(7-19-9)20-12(23)21-10(13(14,15)16)11-17-4-5-22(11)2/h4-7,10H,3H2,1-2H3,(H2,20,21,23). The molecule has 0 radical (unpaired) electrons. The lowest BCUT2D eigenvalue weighted by Gasteiger charge is -2.21. The number of aryl methyl sites for hydroxylation is 2. The number of amides is 2. The molecule has 23 heavy (non-hydrogen) atoms.